The smallest absolute Gasteiger partial charge is 0.410 e. The van der Waals surface area contributed by atoms with Crippen LogP contribution in [0, 0.1) is 10.1 Å². The Morgan fingerprint density at radius 2 is 1.96 bits per heavy atom. The predicted octanol–water partition coefficient (Wildman–Crippen LogP) is 3.41. The molecule has 0 unspecified atom stereocenters. The molecule has 2 rings (SSSR count). The van der Waals surface area contributed by atoms with Gasteiger partial charge in [0.15, 0.2) is 5.75 Å². The fraction of sp³-hybridized carbons (Fsp3) is 0.562. The largest absolute Gasteiger partial charge is 0.502 e. The van der Waals surface area contributed by atoms with E-state index in [0.717, 1.165) is 5.56 Å². The number of piperidine rings is 1. The summed E-state index contributed by atoms with van der Waals surface area (Å²) in [6.07, 6.45) is 1.09. The van der Waals surface area contributed by atoms with Crippen LogP contribution < -0.4 is 0 Å². The van der Waals surface area contributed by atoms with Crippen LogP contribution in [0.2, 0.25) is 0 Å². The molecule has 0 bridgehead atoms. The first-order valence-electron chi connectivity index (χ1n) is 7.62. The van der Waals surface area contributed by atoms with Crippen LogP contribution in [-0.2, 0) is 4.74 Å². The van der Waals surface area contributed by atoms with Gasteiger partial charge in [-0.25, -0.2) is 4.79 Å². The Morgan fingerprint density at radius 1 is 1.35 bits per heavy atom. The first-order valence-corrected chi connectivity index (χ1v) is 7.62. The number of phenolic OH excluding ortho intramolecular Hbond substituents is 1. The summed E-state index contributed by atoms with van der Waals surface area (Å²) in [4.78, 5) is 24.0. The van der Waals surface area contributed by atoms with Gasteiger partial charge < -0.3 is 14.7 Å². The van der Waals surface area contributed by atoms with Crippen LogP contribution in [0.5, 0.6) is 5.75 Å². The van der Waals surface area contributed by atoms with Crippen LogP contribution in [0.15, 0.2) is 18.2 Å². The molecule has 1 aromatic carbocycles. The molecule has 1 aromatic rings. The van der Waals surface area contributed by atoms with E-state index in [4.69, 9.17) is 4.74 Å². The molecule has 1 saturated heterocycles. The van der Waals surface area contributed by atoms with E-state index in [-0.39, 0.29) is 23.4 Å². The molecule has 126 valence electrons. The number of rotatable bonds is 2. The first kappa shape index (κ1) is 17.1. The number of ether oxygens (including phenoxy) is 1. The van der Waals surface area contributed by atoms with Crippen molar-refractivity contribution in [3.8, 4) is 5.75 Å². The molecule has 1 aliphatic rings. The Labute approximate surface area is 135 Å². The van der Waals surface area contributed by atoms with Gasteiger partial charge in [-0.2, -0.15) is 0 Å². The van der Waals surface area contributed by atoms with Crippen molar-refractivity contribution < 1.29 is 19.6 Å². The van der Waals surface area contributed by atoms with E-state index < -0.39 is 10.5 Å². The molecule has 0 atom stereocenters. The van der Waals surface area contributed by atoms with Crippen molar-refractivity contribution in [1.82, 2.24) is 4.90 Å². The van der Waals surface area contributed by atoms with Crippen molar-refractivity contribution in [2.24, 2.45) is 0 Å². The Bertz CT molecular complexity index is 601. The SMILES string of the molecule is CC(C)(C)OC(=O)N1CCC(c2ccc(O)c([N+](=O)[O-])c2)CC1. The minimum Gasteiger partial charge on any atom is -0.502 e. The van der Waals surface area contributed by atoms with Crippen molar-refractivity contribution in [3.05, 3.63) is 33.9 Å². The Balaban J connectivity index is 2.01. The van der Waals surface area contributed by atoms with E-state index in [1.54, 1.807) is 11.0 Å². The van der Waals surface area contributed by atoms with E-state index in [1.165, 1.54) is 12.1 Å². The quantitative estimate of drug-likeness (QED) is 0.665. The van der Waals surface area contributed by atoms with Crippen molar-refractivity contribution in [2.45, 2.75) is 45.1 Å². The Kier molecular flexibility index (Phi) is 4.77. The number of nitro groups is 1. The number of nitrogens with zero attached hydrogens (tertiary/aromatic N) is 2. The highest BCUT2D eigenvalue weighted by Crippen LogP contribution is 2.34. The zero-order valence-corrected chi connectivity index (χ0v) is 13.6. The van der Waals surface area contributed by atoms with E-state index >= 15 is 0 Å². The second-order valence-electron chi connectivity index (χ2n) is 6.75. The minimum absolute atomic E-state index is 0.132. The lowest BCUT2D eigenvalue weighted by atomic mass is 9.89. The van der Waals surface area contributed by atoms with E-state index in [1.807, 2.05) is 20.8 Å². The first-order chi connectivity index (χ1) is 10.7. The van der Waals surface area contributed by atoms with Crippen molar-refractivity contribution >= 4 is 11.8 Å². The number of aromatic hydroxyl groups is 1. The van der Waals surface area contributed by atoms with Crippen LogP contribution in [0.1, 0.15) is 45.1 Å². The van der Waals surface area contributed by atoms with Crippen molar-refractivity contribution in [3.63, 3.8) is 0 Å². The number of carbonyl (C=O) groups is 1. The van der Waals surface area contributed by atoms with Gasteiger partial charge in [0.05, 0.1) is 4.92 Å². The lowest BCUT2D eigenvalue weighted by Crippen LogP contribution is -2.41. The summed E-state index contributed by atoms with van der Waals surface area (Å²) in [5.74, 6) is -0.196. The highest BCUT2D eigenvalue weighted by atomic mass is 16.6. The average molecular weight is 322 g/mol. The number of amides is 1. The third kappa shape index (κ3) is 4.34. The summed E-state index contributed by atoms with van der Waals surface area (Å²) in [6, 6.07) is 4.48. The van der Waals surface area contributed by atoms with Gasteiger partial charge in [-0.3, -0.25) is 10.1 Å². The Hall–Kier alpha value is -2.31. The number of nitro benzene ring substituents is 1. The van der Waals surface area contributed by atoms with Crippen LogP contribution in [-0.4, -0.2) is 39.7 Å². The standard InChI is InChI=1S/C16H22N2O5/c1-16(2,3)23-15(20)17-8-6-11(7-9-17)12-4-5-14(19)13(10-12)18(21)22/h4-5,10-11,19H,6-9H2,1-3H3. The number of benzene rings is 1. The molecule has 0 saturated carbocycles. The van der Waals surface area contributed by atoms with E-state index in [2.05, 4.69) is 0 Å². The lowest BCUT2D eigenvalue weighted by molar-refractivity contribution is -0.385. The second kappa shape index (κ2) is 6.44. The monoisotopic (exact) mass is 322 g/mol. The maximum Gasteiger partial charge on any atom is 0.410 e. The Morgan fingerprint density at radius 3 is 2.48 bits per heavy atom. The second-order valence-corrected chi connectivity index (χ2v) is 6.75. The average Bonchev–Trinajstić information content (AvgIpc) is 2.46. The molecule has 7 nitrogen and oxygen atoms in total. The topological polar surface area (TPSA) is 92.9 Å². The molecule has 1 N–H and O–H groups in total. The summed E-state index contributed by atoms with van der Waals surface area (Å²) in [5.41, 5.74) is 0.0151. The van der Waals surface area contributed by atoms with Gasteiger partial charge in [0.2, 0.25) is 0 Å². The normalized spacial score (nSPS) is 16.2. The predicted molar refractivity (Wildman–Crippen MR) is 84.5 cm³/mol. The summed E-state index contributed by atoms with van der Waals surface area (Å²) in [5, 5.41) is 20.4. The highest BCUT2D eigenvalue weighted by molar-refractivity contribution is 5.68. The van der Waals surface area contributed by atoms with E-state index in [9.17, 15) is 20.0 Å². The molecular weight excluding hydrogens is 300 g/mol. The van der Waals surface area contributed by atoms with Gasteiger partial charge in [0.1, 0.15) is 5.60 Å². The fourth-order valence-corrected chi connectivity index (χ4v) is 2.66. The molecule has 1 aliphatic heterocycles. The van der Waals surface area contributed by atoms with Crippen LogP contribution in [0.25, 0.3) is 0 Å². The third-order valence-corrected chi connectivity index (χ3v) is 3.81. The third-order valence-electron chi connectivity index (χ3n) is 3.81. The fourth-order valence-electron chi connectivity index (χ4n) is 2.66. The van der Waals surface area contributed by atoms with E-state index in [0.29, 0.717) is 25.9 Å². The van der Waals surface area contributed by atoms with Crippen LogP contribution in [0.3, 0.4) is 0 Å². The van der Waals surface area contributed by atoms with Gasteiger partial charge in [0.25, 0.3) is 0 Å². The lowest BCUT2D eigenvalue weighted by Gasteiger charge is -2.33. The summed E-state index contributed by atoms with van der Waals surface area (Å²) in [7, 11) is 0. The number of phenols is 1. The highest BCUT2D eigenvalue weighted by Gasteiger charge is 2.28. The zero-order valence-electron chi connectivity index (χ0n) is 13.6. The van der Waals surface area contributed by atoms with Crippen LogP contribution >= 0.6 is 0 Å². The molecule has 7 heteroatoms. The number of hydrogen-bond donors (Lipinski definition) is 1. The summed E-state index contributed by atoms with van der Waals surface area (Å²) in [6.45, 7) is 6.58. The molecular formula is C16H22N2O5. The molecule has 0 aromatic heterocycles. The minimum atomic E-state index is -0.589. The van der Waals surface area contributed by atoms with Gasteiger partial charge in [-0.1, -0.05) is 6.07 Å². The molecule has 1 amide bonds. The molecule has 0 spiro atoms. The molecule has 0 radical (unpaired) electrons. The van der Waals surface area contributed by atoms with Gasteiger partial charge in [0, 0.05) is 19.2 Å². The van der Waals surface area contributed by atoms with Crippen LogP contribution in [0.4, 0.5) is 10.5 Å². The van der Waals surface area contributed by atoms with Gasteiger partial charge in [-0.05, 0) is 51.2 Å². The molecule has 1 fully saturated rings. The number of carbonyl (C=O) groups excluding carboxylic acids is 1. The maximum absolute atomic E-state index is 12.0. The molecule has 23 heavy (non-hydrogen) atoms. The maximum atomic E-state index is 12.0. The number of hydrogen-bond acceptors (Lipinski definition) is 5. The molecule has 1 heterocycles. The zero-order chi connectivity index (χ0) is 17.2. The molecule has 0 aliphatic carbocycles. The number of likely N-dealkylation sites (tertiary alicyclic amines) is 1. The van der Waals surface area contributed by atoms with Gasteiger partial charge >= 0.3 is 11.8 Å². The van der Waals surface area contributed by atoms with Crippen molar-refractivity contribution in [1.29, 1.82) is 0 Å². The summed E-state index contributed by atoms with van der Waals surface area (Å²) < 4.78 is 5.35. The van der Waals surface area contributed by atoms with Gasteiger partial charge in [-0.15, -0.1) is 0 Å². The summed E-state index contributed by atoms with van der Waals surface area (Å²) >= 11 is 0. The van der Waals surface area contributed by atoms with Crippen molar-refractivity contribution in [2.75, 3.05) is 13.1 Å².